The lowest BCUT2D eigenvalue weighted by Gasteiger charge is -2.37. The molecule has 0 bridgehead atoms. The van der Waals surface area contributed by atoms with Gasteiger partial charge < -0.3 is 0 Å². The average molecular weight is 562 g/mol. The monoisotopic (exact) mass is 561 g/mol. The normalized spacial score (nSPS) is 23.5. The largest absolute Gasteiger partial charge is 0.0644 e. The van der Waals surface area contributed by atoms with Gasteiger partial charge in [-0.05, 0) is 141 Å². The van der Waals surface area contributed by atoms with E-state index in [1.54, 1.807) is 37.0 Å². The summed E-state index contributed by atoms with van der Waals surface area (Å²) in [5, 5.41) is 0. The molecule has 0 aromatic rings. The molecule has 3 rings (SSSR count). The van der Waals surface area contributed by atoms with E-state index in [2.05, 4.69) is 83.1 Å². The maximum atomic E-state index is 2.47. The van der Waals surface area contributed by atoms with Crippen LogP contribution in [0, 0.1) is 0 Å². The van der Waals surface area contributed by atoms with Crippen molar-refractivity contribution in [2.75, 3.05) is 37.0 Å². The van der Waals surface area contributed by atoms with E-state index in [-0.39, 0.29) is 0 Å². The molecule has 3 aliphatic rings. The molecule has 0 spiro atoms. The van der Waals surface area contributed by atoms with Crippen molar-refractivity contribution in [2.45, 2.75) is 175 Å². The minimum atomic E-state index is -0.578. The van der Waals surface area contributed by atoms with E-state index in [0.29, 0.717) is 0 Å². The molecule has 36 heavy (non-hydrogen) atoms. The van der Waals surface area contributed by atoms with Gasteiger partial charge in [-0.2, -0.15) is 0 Å². The van der Waals surface area contributed by atoms with E-state index in [9.17, 15) is 0 Å². The van der Waals surface area contributed by atoms with Gasteiger partial charge in [0.05, 0.1) is 70.9 Å². The maximum Gasteiger partial charge on any atom is 0.0644 e. The second-order valence-corrected chi connectivity index (χ2v) is 29.9. The molecule has 3 fully saturated rings. The fourth-order valence-electron chi connectivity index (χ4n) is 8.19. The predicted molar refractivity (Wildman–Crippen MR) is 182 cm³/mol. The smallest absolute Gasteiger partial charge is 0.0497 e. The summed E-state index contributed by atoms with van der Waals surface area (Å²) in [6, 6.07) is 0. The van der Waals surface area contributed by atoms with E-state index >= 15 is 0 Å². The van der Waals surface area contributed by atoms with E-state index in [4.69, 9.17) is 0 Å². The predicted octanol–water partition coefficient (Wildman–Crippen LogP) is 12.0. The van der Waals surface area contributed by atoms with Crippen LogP contribution in [0.2, 0.25) is 0 Å². The molecule has 0 unspecified atom stereocenters. The Morgan fingerprint density at radius 3 is 0.556 bits per heavy atom. The molecule has 0 aliphatic carbocycles. The van der Waals surface area contributed by atoms with Crippen LogP contribution in [0.15, 0.2) is 0 Å². The van der Waals surface area contributed by atoms with Crippen LogP contribution in [0.3, 0.4) is 0 Å². The van der Waals surface area contributed by atoms with Crippen LogP contribution >= 0.6 is 21.8 Å². The highest BCUT2D eigenvalue weighted by Crippen LogP contribution is 2.71. The standard InChI is InChI=1S/C12H26P.C11H24P.C10H22P/c1-11(2)13(12(3)4)9-7-5-6-8-10-13;1-10(2)12(11(3)4)8-6-5-7-9-12;1-9(2)11(10(3)4)7-5-6-8-11/h11-12H,5-10H2,1-4H3;10-11H,5-9H2,1-4H3;9-10H,5-8H2,1-4H3/q3*+1. The van der Waals surface area contributed by atoms with Crippen molar-refractivity contribution < 1.29 is 0 Å². The van der Waals surface area contributed by atoms with Crippen LogP contribution in [0.5, 0.6) is 0 Å². The Labute approximate surface area is 233 Å². The van der Waals surface area contributed by atoms with Gasteiger partial charge in [0, 0.05) is 21.8 Å². The van der Waals surface area contributed by atoms with Crippen molar-refractivity contribution >= 4 is 21.8 Å². The van der Waals surface area contributed by atoms with Crippen LogP contribution in [-0.4, -0.2) is 70.9 Å². The van der Waals surface area contributed by atoms with Crippen molar-refractivity contribution in [3.63, 3.8) is 0 Å². The fraction of sp³-hybridized carbons (Fsp3) is 1.00. The van der Waals surface area contributed by atoms with Crippen LogP contribution in [0.4, 0.5) is 0 Å². The highest BCUT2D eigenvalue weighted by atomic mass is 31.2. The summed E-state index contributed by atoms with van der Waals surface area (Å²) in [7, 11) is -1.60. The van der Waals surface area contributed by atoms with E-state index in [1.165, 1.54) is 57.8 Å². The highest BCUT2D eigenvalue weighted by Gasteiger charge is 2.47. The first-order chi connectivity index (χ1) is 16.8. The molecule has 0 atom stereocenters. The minimum Gasteiger partial charge on any atom is -0.0497 e. The average Bonchev–Trinajstić information content (AvgIpc) is 3.19. The number of hydrogen-bond acceptors (Lipinski definition) is 0. The minimum absolute atomic E-state index is 0.491. The van der Waals surface area contributed by atoms with E-state index < -0.39 is 21.8 Å². The number of rotatable bonds is 6. The molecule has 0 aromatic heterocycles. The van der Waals surface area contributed by atoms with Crippen molar-refractivity contribution in [3.05, 3.63) is 0 Å². The molecule has 0 saturated carbocycles. The zero-order valence-electron chi connectivity index (χ0n) is 27.4. The molecule has 0 nitrogen and oxygen atoms in total. The van der Waals surface area contributed by atoms with Gasteiger partial charge in [-0.25, -0.2) is 0 Å². The van der Waals surface area contributed by atoms with Gasteiger partial charge in [0.15, 0.2) is 0 Å². The Hall–Kier alpha value is 1.29. The summed E-state index contributed by atoms with van der Waals surface area (Å²) in [5.74, 6) is 0. The topological polar surface area (TPSA) is 0 Å². The molecule has 3 heteroatoms. The van der Waals surface area contributed by atoms with Crippen LogP contribution in [0.25, 0.3) is 0 Å². The van der Waals surface area contributed by atoms with E-state index in [1.807, 2.05) is 0 Å². The van der Waals surface area contributed by atoms with Crippen molar-refractivity contribution in [1.82, 2.24) is 0 Å². The zero-order chi connectivity index (χ0) is 27.6. The summed E-state index contributed by atoms with van der Waals surface area (Å²) < 4.78 is 0. The fourth-order valence-corrected chi connectivity index (χ4v) is 23.5. The molecular weight excluding hydrogens is 489 g/mol. The van der Waals surface area contributed by atoms with Gasteiger partial charge >= 0.3 is 0 Å². The third-order valence-electron chi connectivity index (χ3n) is 11.1. The van der Waals surface area contributed by atoms with Crippen molar-refractivity contribution in [3.8, 4) is 0 Å². The Balaban J connectivity index is 0.000000271. The van der Waals surface area contributed by atoms with Gasteiger partial charge in [-0.3, -0.25) is 0 Å². The zero-order valence-corrected chi connectivity index (χ0v) is 30.1. The maximum absolute atomic E-state index is 2.47. The third kappa shape index (κ3) is 9.16. The first-order valence-corrected chi connectivity index (χ1v) is 23.3. The second kappa shape index (κ2) is 16.5. The molecular formula is C33H72P3+3. The molecule has 0 radical (unpaired) electrons. The SMILES string of the molecule is CC(C)[P+]1(C(C)C)CCCC1.CC(C)[P+]1(C(C)C)CCCCC1.CC(C)[P+]1(C(C)C)CCCCCC1. The molecule has 0 N–H and O–H groups in total. The highest BCUT2D eigenvalue weighted by molar-refractivity contribution is 7.78. The second-order valence-electron chi connectivity index (χ2n) is 14.4. The van der Waals surface area contributed by atoms with Gasteiger partial charge in [0.1, 0.15) is 0 Å². The third-order valence-corrected chi connectivity index (χ3v) is 30.4. The molecule has 3 heterocycles. The number of hydrogen-bond donors (Lipinski definition) is 0. The van der Waals surface area contributed by atoms with Gasteiger partial charge in [0.2, 0.25) is 0 Å². The summed E-state index contributed by atoms with van der Waals surface area (Å²) >= 11 is 0. The van der Waals surface area contributed by atoms with Gasteiger partial charge in [-0.15, -0.1) is 0 Å². The lowest BCUT2D eigenvalue weighted by atomic mass is 10.2. The van der Waals surface area contributed by atoms with Gasteiger partial charge in [-0.1, -0.05) is 0 Å². The first kappa shape index (κ1) is 35.3. The van der Waals surface area contributed by atoms with Gasteiger partial charge in [0.25, 0.3) is 0 Å². The summed E-state index contributed by atoms with van der Waals surface area (Å²) in [6.07, 6.45) is 23.1. The molecule has 3 aliphatic heterocycles. The molecule has 216 valence electrons. The Morgan fingerprint density at radius 2 is 0.389 bits per heavy atom. The van der Waals surface area contributed by atoms with Crippen LogP contribution in [0.1, 0.15) is 141 Å². The Bertz CT molecular complexity index is 525. The summed E-state index contributed by atoms with van der Waals surface area (Å²) in [5.41, 5.74) is 5.90. The van der Waals surface area contributed by atoms with Crippen molar-refractivity contribution in [2.24, 2.45) is 0 Å². The lowest BCUT2D eigenvalue weighted by molar-refractivity contribution is 0.724. The summed E-state index contributed by atoms with van der Waals surface area (Å²) in [4.78, 5) is 0. The molecule has 3 saturated heterocycles. The Kier molecular flexibility index (Phi) is 16.2. The summed E-state index contributed by atoms with van der Waals surface area (Å²) in [6.45, 7) is 29.5. The quantitative estimate of drug-likeness (QED) is 0.283. The molecule has 0 amide bonds. The van der Waals surface area contributed by atoms with Crippen molar-refractivity contribution in [1.29, 1.82) is 0 Å². The molecule has 0 aromatic carbocycles. The van der Waals surface area contributed by atoms with E-state index in [0.717, 1.165) is 34.0 Å². The van der Waals surface area contributed by atoms with Crippen LogP contribution in [-0.2, 0) is 0 Å². The first-order valence-electron chi connectivity index (χ1n) is 16.4. The Morgan fingerprint density at radius 1 is 0.250 bits per heavy atom. The lowest BCUT2D eigenvalue weighted by Crippen LogP contribution is -2.24. The van der Waals surface area contributed by atoms with Crippen LogP contribution < -0.4 is 0 Å².